The average molecular weight is 357 g/mol. The zero-order chi connectivity index (χ0) is 19.1. The Hall–Kier alpha value is -3.54. The van der Waals surface area contributed by atoms with Gasteiger partial charge >= 0.3 is 0 Å². The van der Waals surface area contributed by atoms with Gasteiger partial charge in [-0.3, -0.25) is 9.36 Å². The predicted molar refractivity (Wildman–Crippen MR) is 107 cm³/mol. The zero-order valence-electron chi connectivity index (χ0n) is 15.4. The van der Waals surface area contributed by atoms with Crippen LogP contribution < -0.4 is 11.3 Å². The van der Waals surface area contributed by atoms with Crippen molar-refractivity contribution in [1.82, 2.24) is 19.5 Å². The summed E-state index contributed by atoms with van der Waals surface area (Å²) in [6, 6.07) is 16.0. The average Bonchev–Trinajstić information content (AvgIpc) is 2.67. The summed E-state index contributed by atoms with van der Waals surface area (Å²) in [7, 11) is 1.57. The number of nitrogen functional groups attached to an aromatic ring is 1. The van der Waals surface area contributed by atoms with Gasteiger partial charge in [0.15, 0.2) is 11.2 Å². The molecule has 0 radical (unpaired) electrons. The van der Waals surface area contributed by atoms with Crippen LogP contribution in [0.2, 0.25) is 0 Å². The number of anilines is 1. The lowest BCUT2D eigenvalue weighted by atomic mass is 10.0. The summed E-state index contributed by atoms with van der Waals surface area (Å²) in [5.41, 5.74) is 11.4. The summed E-state index contributed by atoms with van der Waals surface area (Å²) >= 11 is 0. The highest BCUT2D eigenvalue weighted by molar-refractivity contribution is 5.84. The summed E-state index contributed by atoms with van der Waals surface area (Å²) in [4.78, 5) is 26.2. The Bertz CT molecular complexity index is 1210. The third kappa shape index (κ3) is 2.95. The van der Waals surface area contributed by atoms with E-state index in [1.165, 1.54) is 4.57 Å². The number of aromatic nitrogens is 4. The highest BCUT2D eigenvalue weighted by Crippen LogP contribution is 2.30. The standard InChI is InChI=1S/C21H19N5O/c1-12-4-8-14(9-5-12)16-17(15-10-6-13(2)7-11-15)24-19-18(23-16)20(27)26(3)21(22)25-19/h4-11H,1-3H3,(H2,22,24,25). The lowest BCUT2D eigenvalue weighted by Crippen LogP contribution is -2.23. The molecule has 27 heavy (non-hydrogen) atoms. The van der Waals surface area contributed by atoms with E-state index < -0.39 is 0 Å². The maximum absolute atomic E-state index is 12.6. The molecule has 0 unspecified atom stereocenters. The molecule has 2 aromatic heterocycles. The molecule has 6 heteroatoms. The van der Waals surface area contributed by atoms with E-state index in [1.807, 2.05) is 62.4 Å². The van der Waals surface area contributed by atoms with Crippen molar-refractivity contribution in [3.05, 3.63) is 70.0 Å². The molecule has 6 nitrogen and oxygen atoms in total. The number of benzene rings is 2. The first kappa shape index (κ1) is 16.9. The van der Waals surface area contributed by atoms with E-state index in [2.05, 4.69) is 15.0 Å². The molecular formula is C21H19N5O. The molecule has 0 bridgehead atoms. The van der Waals surface area contributed by atoms with Crippen LogP contribution in [-0.2, 0) is 7.05 Å². The monoisotopic (exact) mass is 357 g/mol. The number of fused-ring (bicyclic) bond motifs is 1. The zero-order valence-corrected chi connectivity index (χ0v) is 15.4. The van der Waals surface area contributed by atoms with Crippen molar-refractivity contribution < 1.29 is 0 Å². The molecule has 2 aromatic carbocycles. The summed E-state index contributed by atoms with van der Waals surface area (Å²) in [6.45, 7) is 4.06. The molecule has 0 spiro atoms. The molecule has 134 valence electrons. The van der Waals surface area contributed by atoms with Crippen LogP contribution in [0, 0.1) is 13.8 Å². The first-order chi connectivity index (χ1) is 12.9. The molecule has 4 aromatic rings. The minimum absolute atomic E-state index is 0.111. The first-order valence-electron chi connectivity index (χ1n) is 8.62. The normalized spacial score (nSPS) is 11.1. The van der Waals surface area contributed by atoms with Crippen LogP contribution in [0.4, 0.5) is 5.95 Å². The fraction of sp³-hybridized carbons (Fsp3) is 0.143. The van der Waals surface area contributed by atoms with Crippen LogP contribution in [0.15, 0.2) is 53.3 Å². The largest absolute Gasteiger partial charge is 0.369 e. The Kier molecular flexibility index (Phi) is 3.96. The van der Waals surface area contributed by atoms with Gasteiger partial charge in [0.05, 0.1) is 11.4 Å². The van der Waals surface area contributed by atoms with Crippen molar-refractivity contribution in [3.63, 3.8) is 0 Å². The summed E-state index contributed by atoms with van der Waals surface area (Å²) in [5.74, 6) is 0.111. The summed E-state index contributed by atoms with van der Waals surface area (Å²) in [5, 5.41) is 0. The van der Waals surface area contributed by atoms with Crippen LogP contribution in [0.25, 0.3) is 33.7 Å². The minimum Gasteiger partial charge on any atom is -0.369 e. The topological polar surface area (TPSA) is 86.7 Å². The number of hydrogen-bond acceptors (Lipinski definition) is 5. The molecule has 0 amide bonds. The lowest BCUT2D eigenvalue weighted by molar-refractivity contribution is 0.853. The Morgan fingerprint density at radius 2 is 1.26 bits per heavy atom. The van der Waals surface area contributed by atoms with Crippen molar-refractivity contribution in [2.75, 3.05) is 5.73 Å². The number of rotatable bonds is 2. The van der Waals surface area contributed by atoms with E-state index in [-0.39, 0.29) is 22.7 Å². The maximum atomic E-state index is 12.6. The number of nitrogens with zero attached hydrogens (tertiary/aromatic N) is 4. The Morgan fingerprint density at radius 3 is 1.78 bits per heavy atom. The molecule has 0 atom stereocenters. The quantitative estimate of drug-likeness (QED) is 0.595. The van der Waals surface area contributed by atoms with Gasteiger partial charge in [-0.1, -0.05) is 59.7 Å². The fourth-order valence-corrected chi connectivity index (χ4v) is 2.92. The summed E-state index contributed by atoms with van der Waals surface area (Å²) in [6.07, 6.45) is 0. The van der Waals surface area contributed by atoms with Crippen LogP contribution in [0.5, 0.6) is 0 Å². The van der Waals surface area contributed by atoms with E-state index in [0.717, 1.165) is 22.3 Å². The molecule has 0 saturated heterocycles. The number of hydrogen-bond donors (Lipinski definition) is 1. The molecule has 0 saturated carbocycles. The molecule has 0 fully saturated rings. The van der Waals surface area contributed by atoms with Gasteiger partial charge in [-0.15, -0.1) is 0 Å². The van der Waals surface area contributed by atoms with E-state index >= 15 is 0 Å². The highest BCUT2D eigenvalue weighted by atomic mass is 16.1. The molecule has 2 heterocycles. The Labute approximate surface area is 156 Å². The molecule has 4 rings (SSSR count). The van der Waals surface area contributed by atoms with Gasteiger partial charge in [0.1, 0.15) is 0 Å². The lowest BCUT2D eigenvalue weighted by Gasteiger charge is -2.11. The van der Waals surface area contributed by atoms with Crippen LogP contribution in [-0.4, -0.2) is 19.5 Å². The van der Waals surface area contributed by atoms with Crippen LogP contribution in [0.1, 0.15) is 11.1 Å². The number of aryl methyl sites for hydroxylation is 2. The van der Waals surface area contributed by atoms with Gasteiger partial charge in [-0.25, -0.2) is 9.97 Å². The van der Waals surface area contributed by atoms with E-state index in [0.29, 0.717) is 11.4 Å². The van der Waals surface area contributed by atoms with Gasteiger partial charge in [-0.2, -0.15) is 4.98 Å². The molecule has 0 aliphatic rings. The molecule has 0 aliphatic heterocycles. The fourth-order valence-electron chi connectivity index (χ4n) is 2.92. The molecule has 0 aliphatic carbocycles. The van der Waals surface area contributed by atoms with E-state index in [1.54, 1.807) is 7.05 Å². The Morgan fingerprint density at radius 1 is 0.778 bits per heavy atom. The molecule has 2 N–H and O–H groups in total. The second-order valence-corrected chi connectivity index (χ2v) is 6.66. The molecular weight excluding hydrogens is 338 g/mol. The smallest absolute Gasteiger partial charge is 0.282 e. The van der Waals surface area contributed by atoms with Crippen molar-refractivity contribution in [2.45, 2.75) is 13.8 Å². The van der Waals surface area contributed by atoms with E-state index in [9.17, 15) is 4.79 Å². The van der Waals surface area contributed by atoms with Gasteiger partial charge in [-0.05, 0) is 13.8 Å². The SMILES string of the molecule is Cc1ccc(-c2nc3nc(N)n(C)c(=O)c3nc2-c2ccc(C)cc2)cc1. The van der Waals surface area contributed by atoms with Gasteiger partial charge in [0.25, 0.3) is 5.56 Å². The predicted octanol–water partition coefficient (Wildman–Crippen LogP) is 3.26. The number of nitrogens with two attached hydrogens (primary N) is 1. The Balaban J connectivity index is 2.08. The minimum atomic E-state index is -0.311. The van der Waals surface area contributed by atoms with E-state index in [4.69, 9.17) is 5.73 Å². The van der Waals surface area contributed by atoms with Crippen LogP contribution >= 0.6 is 0 Å². The second-order valence-electron chi connectivity index (χ2n) is 6.66. The third-order valence-corrected chi connectivity index (χ3v) is 4.60. The maximum Gasteiger partial charge on any atom is 0.282 e. The van der Waals surface area contributed by atoms with Crippen molar-refractivity contribution in [3.8, 4) is 22.5 Å². The third-order valence-electron chi connectivity index (χ3n) is 4.60. The van der Waals surface area contributed by atoms with Gasteiger partial charge in [0, 0.05) is 18.2 Å². The first-order valence-corrected chi connectivity index (χ1v) is 8.62. The van der Waals surface area contributed by atoms with Crippen LogP contribution in [0.3, 0.4) is 0 Å². The van der Waals surface area contributed by atoms with Gasteiger partial charge in [0.2, 0.25) is 5.95 Å². The highest BCUT2D eigenvalue weighted by Gasteiger charge is 2.17. The summed E-state index contributed by atoms with van der Waals surface area (Å²) < 4.78 is 1.28. The van der Waals surface area contributed by atoms with Crippen molar-refractivity contribution in [2.24, 2.45) is 7.05 Å². The van der Waals surface area contributed by atoms with Crippen molar-refractivity contribution in [1.29, 1.82) is 0 Å². The van der Waals surface area contributed by atoms with Gasteiger partial charge < -0.3 is 5.73 Å². The van der Waals surface area contributed by atoms with Crippen molar-refractivity contribution >= 4 is 17.1 Å². The second kappa shape index (κ2) is 6.32.